The van der Waals surface area contributed by atoms with Gasteiger partial charge >= 0.3 is 0 Å². The first-order valence-corrected chi connectivity index (χ1v) is 10.2. The van der Waals surface area contributed by atoms with Crippen molar-refractivity contribution in [3.63, 3.8) is 0 Å². The molecule has 0 bridgehead atoms. The van der Waals surface area contributed by atoms with Crippen LogP contribution in [0.15, 0.2) is 23.1 Å². The smallest absolute Gasteiger partial charge is 0.243 e. The molecule has 26 heavy (non-hydrogen) atoms. The number of carbonyl (C=O) groups excluding carboxylic acids is 1. The van der Waals surface area contributed by atoms with Gasteiger partial charge in [0.05, 0.1) is 28.8 Å². The number of hydrogen-bond acceptors (Lipinski definition) is 5. The van der Waals surface area contributed by atoms with Gasteiger partial charge in [-0.1, -0.05) is 11.6 Å². The zero-order chi connectivity index (χ0) is 19.2. The summed E-state index contributed by atoms with van der Waals surface area (Å²) in [5, 5.41) is 9.04. The van der Waals surface area contributed by atoms with Gasteiger partial charge in [0.1, 0.15) is 0 Å². The lowest BCUT2D eigenvalue weighted by Crippen LogP contribution is -2.40. The Hall–Kier alpha value is -1.46. The van der Waals surface area contributed by atoms with E-state index >= 15 is 0 Å². The van der Waals surface area contributed by atoms with Crippen molar-refractivity contribution in [2.24, 2.45) is 0 Å². The quantitative estimate of drug-likeness (QED) is 0.462. The molecule has 8 nitrogen and oxygen atoms in total. The largest absolute Gasteiger partial charge is 0.379 e. The van der Waals surface area contributed by atoms with E-state index < -0.39 is 10.0 Å². The lowest BCUT2D eigenvalue weighted by atomic mass is 10.3. The molecule has 0 unspecified atom stereocenters. The van der Waals surface area contributed by atoms with Crippen molar-refractivity contribution >= 4 is 50.5 Å². The number of morpholine rings is 1. The second kappa shape index (κ2) is 9.47. The van der Waals surface area contributed by atoms with Crippen molar-refractivity contribution in [1.29, 1.82) is 0 Å². The highest BCUT2D eigenvalue weighted by molar-refractivity contribution is 7.89. The lowest BCUT2D eigenvalue weighted by Gasteiger charge is -2.26. The Morgan fingerprint density at radius 3 is 2.58 bits per heavy atom. The first-order chi connectivity index (χ1) is 12.3. The number of anilines is 1. The third-order valence-electron chi connectivity index (χ3n) is 3.58. The summed E-state index contributed by atoms with van der Waals surface area (Å²) in [4.78, 5) is 10.9. The van der Waals surface area contributed by atoms with Crippen molar-refractivity contribution < 1.29 is 17.9 Å². The Morgan fingerprint density at radius 1 is 1.27 bits per heavy atom. The van der Waals surface area contributed by atoms with Crippen LogP contribution in [0.3, 0.4) is 0 Å². The standard InChI is InChI=1S/C15H21ClN4O4S2/c1-11(21)17-4-5-18-15(25)19-14-10-12(2-3-13(14)16)26(22,23)20-6-8-24-9-7-20/h2-3,10H,4-9H2,1H3,(H,17,21)(H2,18,19,25). The third kappa shape index (κ3) is 5.78. The Kier molecular flexibility index (Phi) is 7.59. The van der Waals surface area contributed by atoms with E-state index in [4.69, 9.17) is 28.6 Å². The number of nitrogens with zero attached hydrogens (tertiary/aromatic N) is 1. The molecule has 3 N–H and O–H groups in total. The number of hydrogen-bond donors (Lipinski definition) is 3. The molecule has 11 heteroatoms. The highest BCUT2D eigenvalue weighted by Gasteiger charge is 2.26. The maximum Gasteiger partial charge on any atom is 0.243 e. The molecule has 0 aliphatic carbocycles. The monoisotopic (exact) mass is 420 g/mol. The van der Waals surface area contributed by atoms with E-state index in [1.165, 1.54) is 29.4 Å². The van der Waals surface area contributed by atoms with Gasteiger partial charge in [-0.05, 0) is 30.4 Å². The third-order valence-corrected chi connectivity index (χ3v) is 6.05. The summed E-state index contributed by atoms with van der Waals surface area (Å²) in [7, 11) is -3.62. The van der Waals surface area contributed by atoms with Crippen LogP contribution in [0.1, 0.15) is 6.92 Å². The molecule has 144 valence electrons. The highest BCUT2D eigenvalue weighted by Crippen LogP contribution is 2.27. The van der Waals surface area contributed by atoms with Gasteiger partial charge in [-0.15, -0.1) is 0 Å². The molecule has 1 fully saturated rings. The molecule has 0 saturated carbocycles. The van der Waals surface area contributed by atoms with Crippen molar-refractivity contribution in [1.82, 2.24) is 14.9 Å². The van der Waals surface area contributed by atoms with E-state index in [1.54, 1.807) is 0 Å². The minimum absolute atomic E-state index is 0.130. The van der Waals surface area contributed by atoms with Crippen LogP contribution in [0.25, 0.3) is 0 Å². The second-order valence-corrected chi connectivity index (χ2v) is 8.28. The highest BCUT2D eigenvalue weighted by atomic mass is 35.5. The molecule has 0 spiro atoms. The van der Waals surface area contributed by atoms with Crippen LogP contribution in [-0.4, -0.2) is 63.1 Å². The fourth-order valence-corrected chi connectivity index (χ4v) is 4.09. The molecule has 2 rings (SSSR count). The van der Waals surface area contributed by atoms with Crippen molar-refractivity contribution in [2.45, 2.75) is 11.8 Å². The first-order valence-electron chi connectivity index (χ1n) is 7.97. The van der Waals surface area contributed by atoms with Gasteiger partial charge in [-0.3, -0.25) is 4.79 Å². The van der Waals surface area contributed by atoms with E-state index in [-0.39, 0.29) is 15.9 Å². The molecule has 1 aromatic rings. The number of benzene rings is 1. The Labute approximate surface area is 163 Å². The van der Waals surface area contributed by atoms with Crippen LogP contribution < -0.4 is 16.0 Å². The van der Waals surface area contributed by atoms with Crippen LogP contribution in [-0.2, 0) is 19.6 Å². The average molecular weight is 421 g/mol. The molecule has 0 radical (unpaired) electrons. The van der Waals surface area contributed by atoms with E-state index in [1.807, 2.05) is 0 Å². The summed E-state index contributed by atoms with van der Waals surface area (Å²) in [6.07, 6.45) is 0. The minimum atomic E-state index is -3.62. The number of carbonyl (C=O) groups is 1. The maximum absolute atomic E-state index is 12.7. The zero-order valence-corrected chi connectivity index (χ0v) is 16.6. The van der Waals surface area contributed by atoms with Crippen LogP contribution >= 0.6 is 23.8 Å². The molecular weight excluding hydrogens is 400 g/mol. The number of amides is 1. The summed E-state index contributed by atoms with van der Waals surface area (Å²) in [5.41, 5.74) is 0.387. The van der Waals surface area contributed by atoms with Crippen LogP contribution in [0.2, 0.25) is 5.02 Å². The van der Waals surface area contributed by atoms with E-state index in [2.05, 4.69) is 16.0 Å². The molecule has 1 aromatic carbocycles. The summed E-state index contributed by atoms with van der Waals surface area (Å²) >= 11 is 11.3. The predicted molar refractivity (Wildman–Crippen MR) is 104 cm³/mol. The van der Waals surface area contributed by atoms with Gasteiger partial charge < -0.3 is 20.7 Å². The Balaban J connectivity index is 2.04. The van der Waals surface area contributed by atoms with Gasteiger partial charge in [0.25, 0.3) is 0 Å². The number of thiocarbonyl (C=S) groups is 1. The normalized spacial score (nSPS) is 15.3. The summed E-state index contributed by atoms with van der Waals surface area (Å²) < 4.78 is 32.0. The van der Waals surface area contributed by atoms with Crippen molar-refractivity contribution in [3.8, 4) is 0 Å². The van der Waals surface area contributed by atoms with Crippen LogP contribution in [0.5, 0.6) is 0 Å². The molecule has 1 aliphatic rings. The summed E-state index contributed by atoms with van der Waals surface area (Å²) in [5.74, 6) is -0.130. The van der Waals surface area contributed by atoms with E-state index in [9.17, 15) is 13.2 Å². The molecule has 1 aliphatic heterocycles. The topological polar surface area (TPSA) is 99.8 Å². The van der Waals surface area contributed by atoms with Gasteiger partial charge in [0.2, 0.25) is 15.9 Å². The van der Waals surface area contributed by atoms with Crippen LogP contribution in [0, 0.1) is 0 Å². The molecule has 1 amide bonds. The lowest BCUT2D eigenvalue weighted by molar-refractivity contribution is -0.118. The molecule has 0 atom stereocenters. The number of sulfonamides is 1. The Bertz CT molecular complexity index is 767. The molecule has 1 saturated heterocycles. The van der Waals surface area contributed by atoms with Crippen LogP contribution in [0.4, 0.5) is 5.69 Å². The van der Waals surface area contributed by atoms with E-state index in [0.29, 0.717) is 50.1 Å². The number of ether oxygens (including phenoxy) is 1. The fraction of sp³-hybridized carbons (Fsp3) is 0.467. The van der Waals surface area contributed by atoms with Crippen molar-refractivity contribution in [3.05, 3.63) is 23.2 Å². The SMILES string of the molecule is CC(=O)NCCNC(=S)Nc1cc(S(=O)(=O)N2CCOCC2)ccc1Cl. The van der Waals surface area contributed by atoms with E-state index in [0.717, 1.165) is 0 Å². The molecular formula is C15H21ClN4O4S2. The predicted octanol–water partition coefficient (Wildman–Crippen LogP) is 0.783. The fourth-order valence-electron chi connectivity index (χ4n) is 2.28. The Morgan fingerprint density at radius 2 is 1.92 bits per heavy atom. The molecule has 1 heterocycles. The van der Waals surface area contributed by atoms with Crippen molar-refractivity contribution in [2.75, 3.05) is 44.7 Å². The number of rotatable bonds is 6. The second-order valence-electron chi connectivity index (χ2n) is 5.52. The van der Waals surface area contributed by atoms with Gasteiger partial charge in [0.15, 0.2) is 5.11 Å². The molecule has 0 aromatic heterocycles. The number of nitrogens with one attached hydrogen (secondary N) is 3. The number of halogens is 1. The first kappa shape index (κ1) is 20.8. The van der Waals surface area contributed by atoms with Gasteiger partial charge in [0, 0.05) is 33.1 Å². The minimum Gasteiger partial charge on any atom is -0.379 e. The van der Waals surface area contributed by atoms with Gasteiger partial charge in [-0.2, -0.15) is 4.31 Å². The summed E-state index contributed by atoms with van der Waals surface area (Å²) in [6, 6.07) is 4.43. The summed E-state index contributed by atoms with van der Waals surface area (Å²) in [6.45, 7) is 3.65. The van der Waals surface area contributed by atoms with Gasteiger partial charge in [-0.25, -0.2) is 8.42 Å². The maximum atomic E-state index is 12.7. The average Bonchev–Trinajstić information content (AvgIpc) is 2.61. The zero-order valence-electron chi connectivity index (χ0n) is 14.2.